The Kier molecular flexibility index (Phi) is 39.6. The smallest absolute Gasteiger partial charge is 0.407 e. The van der Waals surface area contributed by atoms with Crippen LogP contribution in [0.3, 0.4) is 0 Å². The molecule has 2 aromatic heterocycles. The summed E-state index contributed by atoms with van der Waals surface area (Å²) >= 11 is 0. The zero-order valence-electron chi connectivity index (χ0n) is 83.4. The summed E-state index contributed by atoms with van der Waals surface area (Å²) in [4.78, 5) is 78.6. The van der Waals surface area contributed by atoms with E-state index in [1.54, 1.807) is 60.7 Å². The van der Waals surface area contributed by atoms with E-state index in [0.29, 0.717) is 82.0 Å². The van der Waals surface area contributed by atoms with E-state index >= 15 is 0 Å². The van der Waals surface area contributed by atoms with Gasteiger partial charge in [-0.2, -0.15) is 8.42 Å². The Morgan fingerprint density at radius 3 is 1.20 bits per heavy atom. The van der Waals surface area contributed by atoms with Gasteiger partial charge in [-0.05, 0) is 230 Å². The molecule has 9 aromatic carbocycles. The number of rotatable bonds is 41. The third kappa shape index (κ3) is 34.1. The van der Waals surface area contributed by atoms with E-state index in [-0.39, 0.29) is 141 Å². The van der Waals surface area contributed by atoms with E-state index in [9.17, 15) is 51.1 Å². The van der Waals surface area contributed by atoms with Crippen molar-refractivity contribution in [1.29, 1.82) is 0 Å². The summed E-state index contributed by atoms with van der Waals surface area (Å²) in [6.45, 7) is 31.8. The van der Waals surface area contributed by atoms with Crippen molar-refractivity contribution in [2.75, 3.05) is 52.7 Å². The van der Waals surface area contributed by atoms with Crippen molar-refractivity contribution in [3.8, 4) is 56.3 Å². The van der Waals surface area contributed by atoms with Gasteiger partial charge in [-0.1, -0.05) is 191 Å². The molecular formula is C113H134F2N4O21S. The van der Waals surface area contributed by atoms with Gasteiger partial charge in [0.25, 0.3) is 10.1 Å². The number of carbonyl (C=O) groups is 6. The minimum Gasteiger partial charge on any atom is -0.508 e. The Morgan fingerprint density at radius 2 is 0.816 bits per heavy atom. The molecule has 2 amide bonds. The highest BCUT2D eigenvalue weighted by molar-refractivity contribution is 7.86. The highest BCUT2D eigenvalue weighted by Crippen LogP contribution is 2.47. The predicted octanol–water partition coefficient (Wildman–Crippen LogP) is 22.8. The lowest BCUT2D eigenvalue weighted by Crippen LogP contribution is -2.46. The summed E-state index contributed by atoms with van der Waals surface area (Å²) in [5, 5.41) is 15.1. The van der Waals surface area contributed by atoms with Crippen molar-refractivity contribution < 1.29 is 107 Å². The van der Waals surface area contributed by atoms with Gasteiger partial charge < -0.3 is 77.0 Å². The van der Waals surface area contributed by atoms with Gasteiger partial charge >= 0.3 is 24.1 Å². The molecule has 2 aliphatic heterocycles. The normalized spacial score (nSPS) is 15.6. The van der Waals surface area contributed by atoms with Crippen LogP contribution < -0.4 is 15.4 Å². The van der Waals surface area contributed by atoms with Crippen LogP contribution in [0.1, 0.15) is 207 Å². The third-order valence-corrected chi connectivity index (χ3v) is 24.1. The monoisotopic (exact) mass is 1950 g/mol. The molecule has 2 fully saturated rings. The molecular weight excluding hydrogens is 1820 g/mol. The number of hydrogen-bond donors (Lipinski definition) is 3. The second-order valence-corrected chi connectivity index (χ2v) is 40.0. The Bertz CT molecular complexity index is 5990. The average molecular weight is 1950 g/mol. The lowest BCUT2D eigenvalue weighted by atomic mass is 9.90. The molecule has 4 heterocycles. The number of phenolic OH excluding ortho intramolecular Hbond substituents is 1. The first-order valence-corrected chi connectivity index (χ1v) is 49.4. The van der Waals surface area contributed by atoms with Gasteiger partial charge in [0.15, 0.2) is 23.1 Å². The number of carbonyl (C=O) groups excluding carboxylic acids is 6. The molecule has 4 atom stereocenters. The number of phenols is 1. The van der Waals surface area contributed by atoms with Crippen molar-refractivity contribution in [3.05, 3.63) is 305 Å². The van der Waals surface area contributed by atoms with Crippen molar-refractivity contribution in [2.45, 2.75) is 245 Å². The molecule has 141 heavy (non-hydrogen) atoms. The minimum atomic E-state index is -3.79. The lowest BCUT2D eigenvalue weighted by Gasteiger charge is -2.41. The number of ether oxygens (including phenoxy) is 11. The van der Waals surface area contributed by atoms with Crippen LogP contribution in [0.4, 0.5) is 18.4 Å². The number of aromatic nitrogens is 2. The van der Waals surface area contributed by atoms with Crippen LogP contribution in [-0.4, -0.2) is 158 Å². The maximum Gasteiger partial charge on any atom is 0.407 e. The highest BCUT2D eigenvalue weighted by Gasteiger charge is 2.41. The van der Waals surface area contributed by atoms with Crippen LogP contribution in [0.25, 0.3) is 44.8 Å². The summed E-state index contributed by atoms with van der Waals surface area (Å²) in [6.07, 6.45) is 0.328. The first-order valence-electron chi connectivity index (χ1n) is 48.0. The molecule has 0 aliphatic carbocycles. The maximum atomic E-state index is 14.9. The fourth-order valence-electron chi connectivity index (χ4n) is 17.1. The number of aromatic hydroxyl groups is 1. The molecule has 752 valence electrons. The molecule has 2 saturated heterocycles. The molecule has 0 radical (unpaired) electrons. The zero-order chi connectivity index (χ0) is 102. The fourth-order valence-corrected chi connectivity index (χ4v) is 18.0. The number of alkyl carbamates (subject to hydrolysis) is 2. The average Bonchev–Trinajstić information content (AvgIpc) is 1.59. The van der Waals surface area contributed by atoms with Gasteiger partial charge in [-0.15, -0.1) is 0 Å². The number of ketones is 2. The Balaban J connectivity index is 0.000000219. The molecule has 25 nitrogen and oxygen atoms in total. The second-order valence-electron chi connectivity index (χ2n) is 38.4. The predicted molar refractivity (Wildman–Crippen MR) is 537 cm³/mol. The molecule has 28 heteroatoms. The van der Waals surface area contributed by atoms with E-state index in [1.165, 1.54) is 36.4 Å². The third-order valence-electron chi connectivity index (χ3n) is 22.8. The number of hydrogen-bond acceptors (Lipinski definition) is 21. The number of nitrogens with zero attached hydrogens (tertiary/aromatic N) is 2. The summed E-state index contributed by atoms with van der Waals surface area (Å²) in [6, 6.07) is 71.9. The van der Waals surface area contributed by atoms with Gasteiger partial charge in [-0.3, -0.25) is 23.4 Å². The zero-order valence-corrected chi connectivity index (χ0v) is 84.2. The molecule has 11 aromatic rings. The number of esters is 2. The molecule has 0 unspecified atom stereocenters. The van der Waals surface area contributed by atoms with Crippen molar-refractivity contribution in [3.63, 3.8) is 0 Å². The largest absolute Gasteiger partial charge is 0.508 e. The number of amides is 2. The van der Waals surface area contributed by atoms with Gasteiger partial charge in [0, 0.05) is 85.5 Å². The van der Waals surface area contributed by atoms with E-state index in [0.717, 1.165) is 84.0 Å². The molecule has 0 spiro atoms. The van der Waals surface area contributed by atoms with E-state index in [2.05, 4.69) is 47.5 Å². The Labute approximate surface area is 827 Å². The quantitative estimate of drug-likeness (QED) is 0.0105. The van der Waals surface area contributed by atoms with Gasteiger partial charge in [0.1, 0.15) is 54.2 Å². The van der Waals surface area contributed by atoms with Gasteiger partial charge in [0.05, 0.1) is 86.6 Å². The fraction of sp³-hybridized carbons (Fsp3) is 0.398. The summed E-state index contributed by atoms with van der Waals surface area (Å²) in [7, 11) is -3.79. The van der Waals surface area contributed by atoms with Gasteiger partial charge in [0.2, 0.25) is 0 Å². The minimum absolute atomic E-state index is 0.0395. The summed E-state index contributed by atoms with van der Waals surface area (Å²) in [5.41, 5.74) is 12.8. The Hall–Kier alpha value is -12.5. The second kappa shape index (κ2) is 51.3. The van der Waals surface area contributed by atoms with Crippen LogP contribution >= 0.6 is 0 Å². The van der Waals surface area contributed by atoms with Gasteiger partial charge in [-0.25, -0.2) is 18.4 Å². The number of aryl methyl sites for hydroxylation is 1. The van der Waals surface area contributed by atoms with Crippen LogP contribution in [-0.2, 0) is 110 Å². The summed E-state index contributed by atoms with van der Waals surface area (Å²) < 4.78 is 125. The number of benzene rings is 9. The van der Waals surface area contributed by atoms with Crippen molar-refractivity contribution >= 4 is 45.8 Å². The van der Waals surface area contributed by atoms with E-state index < -0.39 is 51.2 Å². The van der Waals surface area contributed by atoms with E-state index in [1.807, 2.05) is 222 Å². The van der Waals surface area contributed by atoms with Crippen LogP contribution in [0.5, 0.6) is 11.5 Å². The van der Waals surface area contributed by atoms with Crippen LogP contribution in [0, 0.1) is 18.6 Å². The molecule has 2 aliphatic rings. The van der Waals surface area contributed by atoms with Crippen molar-refractivity contribution in [2.24, 2.45) is 0 Å². The number of Topliss-reactive ketones (excluding diaryl/α,β-unsaturated/α-hetero) is 2. The molecule has 0 saturated carbocycles. The van der Waals surface area contributed by atoms with Crippen LogP contribution in [0.2, 0.25) is 0 Å². The molecule has 0 bridgehead atoms. The molecule has 13 rings (SSSR count). The maximum absolute atomic E-state index is 14.9. The first-order chi connectivity index (χ1) is 67.1. The number of halogens is 2. The topological polar surface area (TPSA) is 301 Å². The van der Waals surface area contributed by atoms with Crippen LogP contribution in [0.15, 0.2) is 248 Å². The highest BCUT2D eigenvalue weighted by atomic mass is 32.2. The standard InChI is InChI=1S/C53H63FN2O9.C41H48FNO6.C19H23NO6S/c1-36(2)49-48(45(57)32-37-18-24-42(25-19-37)61-31-30-60-29-27-55-51(59)62-35-38-14-10-8-11-15-38)47(39-16-12-9-13-17-39)50(40-20-22-41(54)23-21-40)56(49)28-26-43-33-44(64-53(6,7)63-43)34-46(58)65-52(3,4)5;1-26(2)38-37(34(45)23-27-13-19-31(44)20-14-27)36(28-11-9-8-10-12-28)39(29-15-17-30(42)18-16-29)43(38)22-21-32-24-33(48-41(6,7)47-32)25-35(46)49-40(3,4)5;1-16-7-9-18(10-8-16)27(22,23)26-14-13-24-12-11-20-19(21)25-15-17-5-3-2-4-6-17/h8-25,36,43-44H,26-35H2,1-7H3,(H,55,59);8-20,26,32-33,44H,21-25H2,1-7H3;2-10H,11-15H2,1H3,(H,20,21)/t43-,44-;32-,33-;/m11./s1. The van der Waals surface area contributed by atoms with Crippen molar-refractivity contribution in [1.82, 2.24) is 19.8 Å². The molecule has 3 N–H and O–H groups in total. The lowest BCUT2D eigenvalue weighted by molar-refractivity contribution is -0.301. The first kappa shape index (κ1) is 109. The Morgan fingerprint density at radius 1 is 0.447 bits per heavy atom. The SMILES string of the molecule is CC(C)c1c(C(=O)Cc2ccc(O)cc2)c(-c2ccccc2)c(-c2ccc(F)cc2)n1CC[C@@H]1C[C@H](CC(=O)OC(C)(C)C)OC(C)(C)O1.CC(C)c1c(C(=O)Cc2ccc(OCCOCCNC(=O)OCc3ccccc3)cc2)c(-c2ccccc2)c(-c2ccc(F)cc2)n1CC[C@@H]1C[C@H](CC(=O)OC(C)(C)C)OC(C)(C)O1.Cc1ccc(S(=O)(=O)OCCOCCNC(=O)OCc2ccccc2)cc1. The van der Waals surface area contributed by atoms with E-state index in [4.69, 9.17) is 56.3 Å². The summed E-state index contributed by atoms with van der Waals surface area (Å²) in [5.74, 6) is -2.60. The number of nitrogens with one attached hydrogen (secondary N) is 2.